The summed E-state index contributed by atoms with van der Waals surface area (Å²) in [6.45, 7) is 6.98. The Hall–Kier alpha value is -2.56. The molecule has 2 amide bonds. The normalized spacial score (nSPS) is 20.5. The fourth-order valence-corrected chi connectivity index (χ4v) is 4.62. The van der Waals surface area contributed by atoms with Gasteiger partial charge in [0.1, 0.15) is 22.7 Å². The highest BCUT2D eigenvalue weighted by atomic mass is 35.5. The maximum atomic E-state index is 13.0. The minimum absolute atomic E-state index is 0.190. The number of benzene rings is 1. The molecule has 9 nitrogen and oxygen atoms in total. The van der Waals surface area contributed by atoms with Gasteiger partial charge >= 0.3 is 11.9 Å². The molecule has 2 aliphatic heterocycles. The van der Waals surface area contributed by atoms with Crippen LogP contribution >= 0.6 is 35.0 Å². The number of ether oxygens (including phenoxy) is 1. The van der Waals surface area contributed by atoms with Gasteiger partial charge in [0.2, 0.25) is 4.84 Å². The molecule has 3 rings (SSSR count). The number of nitrogens with one attached hydrogen (secondary N) is 1. The molecule has 12 heteroatoms. The van der Waals surface area contributed by atoms with Gasteiger partial charge in [0.15, 0.2) is 5.71 Å². The van der Waals surface area contributed by atoms with Crippen LogP contribution in [0.15, 0.2) is 46.8 Å². The zero-order valence-electron chi connectivity index (χ0n) is 18.8. The van der Waals surface area contributed by atoms with Crippen molar-refractivity contribution in [2.24, 2.45) is 5.16 Å². The summed E-state index contributed by atoms with van der Waals surface area (Å²) in [5.41, 5.74) is 0.280. The van der Waals surface area contributed by atoms with Gasteiger partial charge in [0.05, 0.1) is 0 Å². The SMILES string of the molecule is CC1=C(C(=O)OC(C)(C)C)N2C(=O)[C@@H](NC(=O)C(=NOC(=O)C(Cl)Cl)c3ccccc3)[C@@H]2SC1. The lowest BCUT2D eigenvalue weighted by molar-refractivity contribution is -0.158. The van der Waals surface area contributed by atoms with Crippen LogP contribution in [-0.4, -0.2) is 62.0 Å². The van der Waals surface area contributed by atoms with Gasteiger partial charge in [-0.1, -0.05) is 58.7 Å². The molecule has 0 bridgehead atoms. The van der Waals surface area contributed by atoms with Gasteiger partial charge in [-0.3, -0.25) is 14.5 Å². The number of amides is 2. The summed E-state index contributed by atoms with van der Waals surface area (Å²) >= 11 is 12.3. The number of fused-ring (bicyclic) bond motifs is 1. The summed E-state index contributed by atoms with van der Waals surface area (Å²) in [7, 11) is 0. The number of hydrogen-bond acceptors (Lipinski definition) is 8. The van der Waals surface area contributed by atoms with Crippen molar-refractivity contribution in [2.45, 2.75) is 49.5 Å². The number of carbonyl (C=O) groups is 4. The van der Waals surface area contributed by atoms with E-state index in [9.17, 15) is 19.2 Å². The van der Waals surface area contributed by atoms with Crippen LogP contribution in [0.2, 0.25) is 0 Å². The molecule has 1 fully saturated rings. The number of alkyl halides is 2. The number of thioether (sulfide) groups is 1. The van der Waals surface area contributed by atoms with Crippen molar-refractivity contribution in [2.75, 3.05) is 5.75 Å². The van der Waals surface area contributed by atoms with Crippen molar-refractivity contribution in [1.29, 1.82) is 0 Å². The van der Waals surface area contributed by atoms with E-state index in [1.807, 2.05) is 0 Å². The fourth-order valence-electron chi connectivity index (χ4n) is 3.25. The second-order valence-corrected chi connectivity index (χ2v) is 10.7. The van der Waals surface area contributed by atoms with Crippen LogP contribution in [0.4, 0.5) is 0 Å². The molecule has 1 aromatic carbocycles. The van der Waals surface area contributed by atoms with E-state index in [1.54, 1.807) is 58.0 Å². The first-order chi connectivity index (χ1) is 15.9. The van der Waals surface area contributed by atoms with Gasteiger partial charge < -0.3 is 14.9 Å². The van der Waals surface area contributed by atoms with Gasteiger partial charge in [0, 0.05) is 11.3 Å². The molecule has 0 unspecified atom stereocenters. The predicted molar refractivity (Wildman–Crippen MR) is 128 cm³/mol. The zero-order chi connectivity index (χ0) is 25.2. The highest BCUT2D eigenvalue weighted by Gasteiger charge is 2.54. The van der Waals surface area contributed by atoms with Gasteiger partial charge in [-0.05, 0) is 33.3 Å². The Bertz CT molecular complexity index is 1070. The molecule has 0 radical (unpaired) electrons. The lowest BCUT2D eigenvalue weighted by Crippen LogP contribution is -2.71. The number of β-lactam (4-membered cyclic amide) rings is 1. The third kappa shape index (κ3) is 5.73. The number of oxime groups is 1. The average molecular weight is 528 g/mol. The molecule has 182 valence electrons. The lowest BCUT2D eigenvalue weighted by Gasteiger charge is -2.49. The molecule has 0 aliphatic carbocycles. The van der Waals surface area contributed by atoms with E-state index in [0.29, 0.717) is 16.9 Å². The molecule has 34 heavy (non-hydrogen) atoms. The third-order valence-corrected chi connectivity index (χ3v) is 6.49. The lowest BCUT2D eigenvalue weighted by atomic mass is 10.0. The summed E-state index contributed by atoms with van der Waals surface area (Å²) in [6.07, 6.45) is 0. The van der Waals surface area contributed by atoms with E-state index < -0.39 is 45.6 Å². The highest BCUT2D eigenvalue weighted by molar-refractivity contribution is 8.00. The summed E-state index contributed by atoms with van der Waals surface area (Å²) < 4.78 is 5.46. The topological polar surface area (TPSA) is 114 Å². The zero-order valence-corrected chi connectivity index (χ0v) is 21.2. The van der Waals surface area contributed by atoms with Crippen LogP contribution < -0.4 is 5.32 Å². The molecule has 2 heterocycles. The summed E-state index contributed by atoms with van der Waals surface area (Å²) in [5, 5.41) is 5.75. The number of hydrogen-bond donors (Lipinski definition) is 1. The third-order valence-electron chi connectivity index (χ3n) is 4.71. The van der Waals surface area contributed by atoms with Crippen molar-refractivity contribution >= 4 is 64.4 Å². The maximum Gasteiger partial charge on any atom is 0.367 e. The average Bonchev–Trinajstić information content (AvgIpc) is 2.76. The molecule has 2 aliphatic rings. The second kappa shape index (κ2) is 10.4. The minimum Gasteiger partial charge on any atom is -0.455 e. The maximum absolute atomic E-state index is 13.0. The van der Waals surface area contributed by atoms with E-state index in [2.05, 4.69) is 15.3 Å². The number of esters is 1. The van der Waals surface area contributed by atoms with Gasteiger partial charge in [0.25, 0.3) is 11.8 Å². The molecular formula is C22H23Cl2N3O6S. The van der Waals surface area contributed by atoms with Crippen molar-refractivity contribution in [3.63, 3.8) is 0 Å². The molecule has 2 atom stereocenters. The Morgan fingerprint density at radius 1 is 1.21 bits per heavy atom. The summed E-state index contributed by atoms with van der Waals surface area (Å²) in [5.74, 6) is -2.37. The molecule has 1 N–H and O–H groups in total. The summed E-state index contributed by atoms with van der Waals surface area (Å²) in [6, 6.07) is 7.32. The summed E-state index contributed by atoms with van der Waals surface area (Å²) in [4.78, 5) is 54.9. The number of halogens is 2. The van der Waals surface area contributed by atoms with E-state index in [-0.39, 0.29) is 11.4 Å². The fraction of sp³-hybridized carbons (Fsp3) is 0.409. The molecule has 1 saturated heterocycles. The molecule has 1 aromatic rings. The Balaban J connectivity index is 1.79. The van der Waals surface area contributed by atoms with Crippen LogP contribution in [-0.2, 0) is 28.8 Å². The van der Waals surface area contributed by atoms with Crippen LogP contribution in [0.3, 0.4) is 0 Å². The molecular weight excluding hydrogens is 505 g/mol. The van der Waals surface area contributed by atoms with E-state index >= 15 is 0 Å². The van der Waals surface area contributed by atoms with E-state index in [0.717, 1.165) is 0 Å². The molecule has 0 spiro atoms. The van der Waals surface area contributed by atoms with Gasteiger partial charge in [-0.15, -0.1) is 11.8 Å². The Kier molecular flexibility index (Phi) is 7.95. The Morgan fingerprint density at radius 3 is 2.44 bits per heavy atom. The Morgan fingerprint density at radius 2 is 1.85 bits per heavy atom. The first kappa shape index (κ1) is 26.1. The minimum atomic E-state index is -1.48. The largest absolute Gasteiger partial charge is 0.455 e. The standard InChI is InChI=1S/C22H23Cl2N3O6S/c1-11-10-34-19-14(18(29)27(19)15(11)20(30)32-22(2,3)4)25-17(28)13(12-8-6-5-7-9-12)26-33-21(31)16(23)24/h5-9,14,16,19H,10H2,1-4H3,(H,25,28)/t14-,19+/m1/s1. The van der Waals surface area contributed by atoms with Crippen molar-refractivity contribution in [1.82, 2.24) is 10.2 Å². The second-order valence-electron chi connectivity index (χ2n) is 8.51. The van der Waals surface area contributed by atoms with E-state index in [1.165, 1.54) is 16.7 Å². The van der Waals surface area contributed by atoms with Crippen LogP contribution in [0.5, 0.6) is 0 Å². The van der Waals surface area contributed by atoms with Gasteiger partial charge in [-0.25, -0.2) is 9.59 Å². The smallest absolute Gasteiger partial charge is 0.367 e. The number of carbonyl (C=O) groups excluding carboxylic acids is 4. The van der Waals surface area contributed by atoms with Gasteiger partial charge in [-0.2, -0.15) is 0 Å². The highest BCUT2D eigenvalue weighted by Crippen LogP contribution is 2.40. The van der Waals surface area contributed by atoms with Crippen molar-refractivity contribution in [3.05, 3.63) is 47.2 Å². The predicted octanol–water partition coefficient (Wildman–Crippen LogP) is 2.75. The first-order valence-electron chi connectivity index (χ1n) is 10.2. The monoisotopic (exact) mass is 527 g/mol. The van der Waals surface area contributed by atoms with E-state index in [4.69, 9.17) is 27.9 Å². The first-order valence-corrected chi connectivity index (χ1v) is 12.1. The molecule has 0 aromatic heterocycles. The van der Waals surface area contributed by atoms with Crippen molar-refractivity contribution in [3.8, 4) is 0 Å². The van der Waals surface area contributed by atoms with Crippen LogP contribution in [0.1, 0.15) is 33.3 Å². The van der Waals surface area contributed by atoms with Crippen molar-refractivity contribution < 1.29 is 28.8 Å². The quantitative estimate of drug-likeness (QED) is 0.151. The number of nitrogens with zero attached hydrogens (tertiary/aromatic N) is 2. The van der Waals surface area contributed by atoms with Crippen LogP contribution in [0, 0.1) is 0 Å². The number of rotatable bonds is 6. The van der Waals surface area contributed by atoms with Crippen LogP contribution in [0.25, 0.3) is 0 Å². The Labute approximate surface area is 210 Å². The molecule has 0 saturated carbocycles.